The lowest BCUT2D eigenvalue weighted by molar-refractivity contribution is -0.384. The van der Waals surface area contributed by atoms with Gasteiger partial charge in [0, 0.05) is 6.54 Å². The Kier molecular flexibility index (Phi) is 4.25. The molecule has 1 rings (SSSR count). The van der Waals surface area contributed by atoms with Crippen LogP contribution in [0.15, 0.2) is 24.8 Å². The van der Waals surface area contributed by atoms with Crippen LogP contribution >= 0.6 is 11.6 Å². The van der Waals surface area contributed by atoms with Crippen LogP contribution in [-0.4, -0.2) is 11.5 Å². The first-order chi connectivity index (χ1) is 7.56. The maximum Gasteiger partial charge on any atom is 0.295 e. The highest BCUT2D eigenvalue weighted by atomic mass is 35.5. The molecule has 6 heteroatoms. The van der Waals surface area contributed by atoms with E-state index in [1.54, 1.807) is 6.08 Å². The number of anilines is 1. The van der Waals surface area contributed by atoms with Crippen LogP contribution < -0.4 is 5.32 Å². The minimum Gasteiger partial charge on any atom is -0.379 e. The molecule has 0 amide bonds. The van der Waals surface area contributed by atoms with Crippen molar-refractivity contribution in [2.75, 3.05) is 11.9 Å². The van der Waals surface area contributed by atoms with E-state index in [9.17, 15) is 14.5 Å². The van der Waals surface area contributed by atoms with E-state index >= 15 is 0 Å². The third kappa shape index (κ3) is 2.93. The highest BCUT2D eigenvalue weighted by Gasteiger charge is 2.17. The molecule has 0 aliphatic carbocycles. The van der Waals surface area contributed by atoms with Gasteiger partial charge in [-0.2, -0.15) is 0 Å². The van der Waals surface area contributed by atoms with Crippen molar-refractivity contribution in [1.82, 2.24) is 0 Å². The molecule has 0 spiro atoms. The summed E-state index contributed by atoms with van der Waals surface area (Å²) >= 11 is 5.55. The number of benzene rings is 1. The summed E-state index contributed by atoms with van der Waals surface area (Å²) in [5.74, 6) is -0.803. The van der Waals surface area contributed by atoms with Gasteiger partial charge in [-0.3, -0.25) is 10.1 Å². The molecule has 0 bridgehead atoms. The number of rotatable bonds is 5. The van der Waals surface area contributed by atoms with Gasteiger partial charge in [0.2, 0.25) is 0 Å². The number of nitro groups is 1. The fraction of sp³-hybridized carbons (Fsp3) is 0.200. The summed E-state index contributed by atoms with van der Waals surface area (Å²) in [5, 5.41) is 13.3. The second-order valence-corrected chi connectivity index (χ2v) is 3.45. The van der Waals surface area contributed by atoms with Crippen LogP contribution in [0.2, 0.25) is 5.02 Å². The van der Waals surface area contributed by atoms with Crippen LogP contribution in [0.1, 0.15) is 6.42 Å². The van der Waals surface area contributed by atoms with E-state index < -0.39 is 10.7 Å². The number of nitrogens with one attached hydrogen (secondary N) is 1. The lowest BCUT2D eigenvalue weighted by atomic mass is 10.2. The summed E-state index contributed by atoms with van der Waals surface area (Å²) in [6, 6.07) is 2.01. The first kappa shape index (κ1) is 12.4. The number of nitro benzene ring substituents is 1. The molecule has 1 aromatic carbocycles. The maximum atomic E-state index is 13.0. The molecule has 0 saturated carbocycles. The van der Waals surface area contributed by atoms with Crippen LogP contribution in [0.4, 0.5) is 15.8 Å². The van der Waals surface area contributed by atoms with Crippen LogP contribution in [0.5, 0.6) is 0 Å². The highest BCUT2D eigenvalue weighted by molar-refractivity contribution is 6.31. The van der Waals surface area contributed by atoms with Crippen molar-refractivity contribution in [3.05, 3.63) is 45.7 Å². The standard InChI is InChI=1S/C10H10ClFN2O2/c1-2-3-4-13-9-5-7(11)8(12)6-10(9)14(15)16/h2,5-6,13H,1,3-4H2. The second kappa shape index (κ2) is 5.46. The van der Waals surface area contributed by atoms with Gasteiger partial charge in [-0.05, 0) is 12.5 Å². The Morgan fingerprint density at radius 1 is 1.62 bits per heavy atom. The molecular weight excluding hydrogens is 235 g/mol. The van der Waals surface area contributed by atoms with Crippen molar-refractivity contribution in [1.29, 1.82) is 0 Å². The first-order valence-corrected chi connectivity index (χ1v) is 4.92. The molecule has 0 saturated heterocycles. The first-order valence-electron chi connectivity index (χ1n) is 4.54. The molecule has 16 heavy (non-hydrogen) atoms. The molecule has 0 fully saturated rings. The van der Waals surface area contributed by atoms with E-state index in [-0.39, 0.29) is 16.4 Å². The maximum absolute atomic E-state index is 13.0. The zero-order valence-electron chi connectivity index (χ0n) is 8.37. The number of nitrogens with zero attached hydrogens (tertiary/aromatic N) is 1. The van der Waals surface area contributed by atoms with E-state index in [0.717, 1.165) is 6.07 Å². The number of hydrogen-bond acceptors (Lipinski definition) is 3. The molecule has 1 aromatic rings. The van der Waals surface area contributed by atoms with E-state index in [1.165, 1.54) is 6.07 Å². The minimum absolute atomic E-state index is 0.147. The Bertz CT molecular complexity index is 424. The summed E-state index contributed by atoms with van der Waals surface area (Å²) in [7, 11) is 0. The molecule has 86 valence electrons. The predicted molar refractivity (Wildman–Crippen MR) is 61.4 cm³/mol. The van der Waals surface area contributed by atoms with Gasteiger partial charge in [0.05, 0.1) is 16.0 Å². The third-order valence-corrected chi connectivity index (χ3v) is 2.19. The molecule has 4 nitrogen and oxygen atoms in total. The highest BCUT2D eigenvalue weighted by Crippen LogP contribution is 2.30. The molecular formula is C10H10ClFN2O2. The SMILES string of the molecule is C=CCCNc1cc(Cl)c(F)cc1[N+](=O)[O-]. The van der Waals surface area contributed by atoms with Crippen molar-refractivity contribution in [2.24, 2.45) is 0 Å². The average Bonchev–Trinajstić information content (AvgIpc) is 2.23. The predicted octanol–water partition coefficient (Wildman–Crippen LogP) is 3.38. The molecule has 0 radical (unpaired) electrons. The largest absolute Gasteiger partial charge is 0.379 e. The van der Waals surface area contributed by atoms with Crippen molar-refractivity contribution in [2.45, 2.75) is 6.42 Å². The summed E-state index contributed by atoms with van der Waals surface area (Å²) in [5.41, 5.74) is -0.121. The van der Waals surface area contributed by atoms with Gasteiger partial charge in [0.1, 0.15) is 11.5 Å². The average molecular weight is 245 g/mol. The second-order valence-electron chi connectivity index (χ2n) is 3.04. The van der Waals surface area contributed by atoms with Crippen LogP contribution in [0.25, 0.3) is 0 Å². The van der Waals surface area contributed by atoms with Gasteiger partial charge in [0.15, 0.2) is 0 Å². The Labute approximate surface area is 96.9 Å². The molecule has 1 N–H and O–H groups in total. The number of hydrogen-bond donors (Lipinski definition) is 1. The van der Waals surface area contributed by atoms with E-state index in [1.807, 2.05) is 0 Å². The normalized spacial score (nSPS) is 9.88. The molecule has 0 aliphatic heterocycles. The smallest absolute Gasteiger partial charge is 0.295 e. The molecule has 0 aliphatic rings. The minimum atomic E-state index is -0.803. The Morgan fingerprint density at radius 3 is 2.88 bits per heavy atom. The van der Waals surface area contributed by atoms with Gasteiger partial charge < -0.3 is 5.32 Å². The Morgan fingerprint density at radius 2 is 2.31 bits per heavy atom. The molecule has 0 atom stereocenters. The van der Waals surface area contributed by atoms with E-state index in [4.69, 9.17) is 11.6 Å². The molecule has 0 aromatic heterocycles. The summed E-state index contributed by atoms with van der Waals surface area (Å²) in [6.07, 6.45) is 2.32. The van der Waals surface area contributed by atoms with Crippen LogP contribution in [-0.2, 0) is 0 Å². The topological polar surface area (TPSA) is 55.2 Å². The van der Waals surface area contributed by atoms with Gasteiger partial charge >= 0.3 is 0 Å². The van der Waals surface area contributed by atoms with Crippen molar-refractivity contribution >= 4 is 23.0 Å². The van der Waals surface area contributed by atoms with E-state index in [2.05, 4.69) is 11.9 Å². The van der Waals surface area contributed by atoms with Crippen molar-refractivity contribution in [3.8, 4) is 0 Å². The van der Waals surface area contributed by atoms with Gasteiger partial charge in [0.25, 0.3) is 5.69 Å². The lowest BCUT2D eigenvalue weighted by Gasteiger charge is -2.06. The van der Waals surface area contributed by atoms with E-state index in [0.29, 0.717) is 13.0 Å². The summed E-state index contributed by atoms with van der Waals surface area (Å²) in [6.45, 7) is 4.00. The van der Waals surface area contributed by atoms with Gasteiger partial charge in [-0.1, -0.05) is 17.7 Å². The Hall–Kier alpha value is -1.62. The quantitative estimate of drug-likeness (QED) is 0.374. The van der Waals surface area contributed by atoms with Crippen molar-refractivity contribution in [3.63, 3.8) is 0 Å². The molecule has 0 unspecified atom stereocenters. The fourth-order valence-electron chi connectivity index (χ4n) is 1.14. The zero-order chi connectivity index (χ0) is 12.1. The number of halogens is 2. The zero-order valence-corrected chi connectivity index (χ0v) is 9.13. The lowest BCUT2D eigenvalue weighted by Crippen LogP contribution is -2.04. The van der Waals surface area contributed by atoms with Crippen LogP contribution in [0, 0.1) is 15.9 Å². The van der Waals surface area contributed by atoms with Gasteiger partial charge in [-0.15, -0.1) is 6.58 Å². The van der Waals surface area contributed by atoms with Gasteiger partial charge in [-0.25, -0.2) is 4.39 Å². The monoisotopic (exact) mass is 244 g/mol. The summed E-state index contributed by atoms with van der Waals surface area (Å²) in [4.78, 5) is 10.00. The third-order valence-electron chi connectivity index (χ3n) is 1.90. The summed E-state index contributed by atoms with van der Waals surface area (Å²) < 4.78 is 13.0. The van der Waals surface area contributed by atoms with Crippen molar-refractivity contribution < 1.29 is 9.31 Å². The molecule has 0 heterocycles. The van der Waals surface area contributed by atoms with Crippen LogP contribution in [0.3, 0.4) is 0 Å². The Balaban J connectivity index is 3.00. The fourth-order valence-corrected chi connectivity index (χ4v) is 1.30.